The van der Waals surface area contributed by atoms with Gasteiger partial charge in [0.2, 0.25) is 0 Å². The third-order valence-corrected chi connectivity index (χ3v) is 5.49. The number of carbonyl (C=O) groups excluding carboxylic acids is 1. The van der Waals surface area contributed by atoms with Crippen molar-refractivity contribution < 1.29 is 9.53 Å². The lowest BCUT2D eigenvalue weighted by atomic mass is 9.85. The third-order valence-electron chi connectivity index (χ3n) is 5.49. The summed E-state index contributed by atoms with van der Waals surface area (Å²) in [7, 11) is 1.44. The fourth-order valence-corrected chi connectivity index (χ4v) is 4.05. The number of methoxy groups -OCH3 is 1. The smallest absolute Gasteiger partial charge is 0.326 e. The highest BCUT2D eigenvalue weighted by molar-refractivity contribution is 5.81. The van der Waals surface area contributed by atoms with E-state index in [4.69, 9.17) is 10.5 Å². The van der Waals surface area contributed by atoms with Crippen LogP contribution in [0.1, 0.15) is 39.5 Å². The van der Waals surface area contributed by atoms with Crippen LogP contribution in [-0.2, 0) is 9.53 Å². The van der Waals surface area contributed by atoms with E-state index < -0.39 is 5.54 Å². The third kappa shape index (κ3) is 3.58. The molecule has 3 atom stereocenters. The van der Waals surface area contributed by atoms with E-state index in [-0.39, 0.29) is 11.9 Å². The van der Waals surface area contributed by atoms with Crippen LogP contribution < -0.4 is 5.73 Å². The van der Waals surface area contributed by atoms with E-state index in [1.807, 2.05) is 0 Å². The molecule has 2 aliphatic rings. The van der Waals surface area contributed by atoms with Crippen LogP contribution in [0, 0.1) is 5.92 Å². The molecule has 0 aromatic rings. The Kier molecular flexibility index (Phi) is 5.63. The van der Waals surface area contributed by atoms with Gasteiger partial charge in [-0.25, -0.2) is 0 Å². The molecular weight excluding hydrogens is 266 g/mol. The predicted octanol–water partition coefficient (Wildman–Crippen LogP) is 1.07. The maximum absolute atomic E-state index is 12.0. The van der Waals surface area contributed by atoms with Gasteiger partial charge in [0.25, 0.3) is 0 Å². The van der Waals surface area contributed by atoms with Crippen molar-refractivity contribution in [2.75, 3.05) is 39.8 Å². The number of likely N-dealkylation sites (N-methyl/N-ethyl adjacent to an activating group) is 1. The van der Waals surface area contributed by atoms with Gasteiger partial charge in [0.1, 0.15) is 5.54 Å². The minimum atomic E-state index is -0.744. The van der Waals surface area contributed by atoms with E-state index in [2.05, 4.69) is 23.6 Å². The van der Waals surface area contributed by atoms with Gasteiger partial charge < -0.3 is 15.4 Å². The number of ether oxygens (including phenoxy) is 1. The van der Waals surface area contributed by atoms with E-state index in [0.717, 1.165) is 58.4 Å². The molecule has 0 amide bonds. The lowest BCUT2D eigenvalue weighted by Crippen LogP contribution is -2.54. The highest BCUT2D eigenvalue weighted by Crippen LogP contribution is 2.37. The Balaban J connectivity index is 1.84. The van der Waals surface area contributed by atoms with Crippen LogP contribution in [0.3, 0.4) is 0 Å². The molecule has 2 rings (SSSR count). The zero-order valence-corrected chi connectivity index (χ0v) is 13.8. The number of esters is 1. The van der Waals surface area contributed by atoms with Gasteiger partial charge in [-0.05, 0) is 45.2 Å². The van der Waals surface area contributed by atoms with E-state index in [1.165, 1.54) is 7.11 Å². The Morgan fingerprint density at radius 1 is 1.43 bits per heavy atom. The lowest BCUT2D eigenvalue weighted by Gasteiger charge is -2.40. The molecule has 0 spiro atoms. The molecule has 0 bridgehead atoms. The zero-order valence-electron chi connectivity index (χ0n) is 13.8. The van der Waals surface area contributed by atoms with Gasteiger partial charge in [0, 0.05) is 25.7 Å². The van der Waals surface area contributed by atoms with Crippen LogP contribution in [0.15, 0.2) is 0 Å². The summed E-state index contributed by atoms with van der Waals surface area (Å²) in [5.41, 5.74) is 5.60. The first-order valence-electron chi connectivity index (χ1n) is 8.35. The summed E-state index contributed by atoms with van der Waals surface area (Å²) < 4.78 is 4.92. The number of carbonyl (C=O) groups is 1. The molecule has 5 nitrogen and oxygen atoms in total. The average Bonchev–Trinajstić information content (AvgIpc) is 2.86. The number of rotatable bonds is 5. The van der Waals surface area contributed by atoms with Crippen LogP contribution in [0.4, 0.5) is 0 Å². The molecule has 0 radical (unpaired) electrons. The largest absolute Gasteiger partial charge is 0.468 e. The van der Waals surface area contributed by atoms with Gasteiger partial charge in [-0.3, -0.25) is 9.69 Å². The SMILES string of the molecule is CCN1CCN(CCC2CCCC2(N)C(=O)OC)CC1C. The average molecular weight is 297 g/mol. The second kappa shape index (κ2) is 7.07. The Labute approximate surface area is 128 Å². The molecule has 1 saturated carbocycles. The van der Waals surface area contributed by atoms with Crippen molar-refractivity contribution in [1.82, 2.24) is 9.80 Å². The first-order chi connectivity index (χ1) is 10.0. The van der Waals surface area contributed by atoms with Gasteiger partial charge in [0.05, 0.1) is 7.11 Å². The second-order valence-corrected chi connectivity index (χ2v) is 6.69. The maximum atomic E-state index is 12.0. The number of hydrogen-bond acceptors (Lipinski definition) is 5. The zero-order chi connectivity index (χ0) is 15.5. The van der Waals surface area contributed by atoms with Gasteiger partial charge in [-0.15, -0.1) is 0 Å². The van der Waals surface area contributed by atoms with Gasteiger partial charge in [-0.1, -0.05) is 13.3 Å². The molecule has 1 aliphatic carbocycles. The number of piperazine rings is 1. The second-order valence-electron chi connectivity index (χ2n) is 6.69. The Hall–Kier alpha value is -0.650. The summed E-state index contributed by atoms with van der Waals surface area (Å²) in [6, 6.07) is 0.621. The van der Waals surface area contributed by atoms with Crippen LogP contribution in [0.5, 0.6) is 0 Å². The van der Waals surface area contributed by atoms with E-state index in [9.17, 15) is 4.79 Å². The summed E-state index contributed by atoms with van der Waals surface area (Å²) >= 11 is 0. The summed E-state index contributed by atoms with van der Waals surface area (Å²) in [4.78, 5) is 17.0. The molecule has 1 saturated heterocycles. The van der Waals surface area contributed by atoms with Gasteiger partial charge in [0.15, 0.2) is 0 Å². The van der Waals surface area contributed by atoms with Crippen molar-refractivity contribution >= 4 is 5.97 Å². The molecule has 2 N–H and O–H groups in total. The fourth-order valence-electron chi connectivity index (χ4n) is 4.05. The number of nitrogens with zero attached hydrogens (tertiary/aromatic N) is 2. The number of nitrogens with two attached hydrogens (primary N) is 1. The Morgan fingerprint density at radius 2 is 2.19 bits per heavy atom. The molecule has 5 heteroatoms. The van der Waals surface area contributed by atoms with Crippen LogP contribution in [0.2, 0.25) is 0 Å². The first-order valence-corrected chi connectivity index (χ1v) is 8.35. The van der Waals surface area contributed by atoms with Crippen molar-refractivity contribution in [3.05, 3.63) is 0 Å². The van der Waals surface area contributed by atoms with Crippen LogP contribution in [-0.4, -0.2) is 67.2 Å². The van der Waals surface area contributed by atoms with E-state index in [1.54, 1.807) is 0 Å². The van der Waals surface area contributed by atoms with Crippen molar-refractivity contribution in [2.24, 2.45) is 11.7 Å². The van der Waals surface area contributed by atoms with Crippen molar-refractivity contribution in [3.8, 4) is 0 Å². The topological polar surface area (TPSA) is 58.8 Å². The summed E-state index contributed by atoms with van der Waals surface area (Å²) in [6.45, 7) is 10.1. The lowest BCUT2D eigenvalue weighted by molar-refractivity contribution is -0.148. The quantitative estimate of drug-likeness (QED) is 0.769. The van der Waals surface area contributed by atoms with Crippen molar-refractivity contribution in [2.45, 2.75) is 51.1 Å². The normalized spacial score (nSPS) is 35.0. The van der Waals surface area contributed by atoms with E-state index >= 15 is 0 Å². The summed E-state index contributed by atoms with van der Waals surface area (Å²) in [5.74, 6) is 0.0404. The standard InChI is InChI=1S/C16H31N3O2/c1-4-19-11-10-18(12-13(19)2)9-7-14-6-5-8-16(14,17)15(20)21-3/h13-14H,4-12,17H2,1-3H3. The minimum absolute atomic E-state index is 0.228. The van der Waals surface area contributed by atoms with Gasteiger partial charge >= 0.3 is 5.97 Å². The molecule has 1 aliphatic heterocycles. The molecule has 0 aromatic carbocycles. The molecular formula is C16H31N3O2. The molecule has 0 aromatic heterocycles. The number of hydrogen-bond donors (Lipinski definition) is 1. The summed E-state index contributed by atoms with van der Waals surface area (Å²) in [5, 5.41) is 0. The molecule has 21 heavy (non-hydrogen) atoms. The Bertz CT molecular complexity index is 363. The molecule has 122 valence electrons. The first kappa shape index (κ1) is 16.7. The van der Waals surface area contributed by atoms with E-state index in [0.29, 0.717) is 6.04 Å². The molecule has 2 fully saturated rings. The fraction of sp³-hybridized carbons (Fsp3) is 0.938. The van der Waals surface area contributed by atoms with Crippen LogP contribution >= 0.6 is 0 Å². The van der Waals surface area contributed by atoms with Crippen molar-refractivity contribution in [3.63, 3.8) is 0 Å². The highest BCUT2D eigenvalue weighted by Gasteiger charge is 2.46. The van der Waals surface area contributed by atoms with Crippen LogP contribution in [0.25, 0.3) is 0 Å². The minimum Gasteiger partial charge on any atom is -0.468 e. The van der Waals surface area contributed by atoms with Crippen molar-refractivity contribution in [1.29, 1.82) is 0 Å². The molecule has 1 heterocycles. The Morgan fingerprint density at radius 3 is 2.81 bits per heavy atom. The monoisotopic (exact) mass is 297 g/mol. The van der Waals surface area contributed by atoms with Gasteiger partial charge in [-0.2, -0.15) is 0 Å². The highest BCUT2D eigenvalue weighted by atomic mass is 16.5. The predicted molar refractivity (Wildman–Crippen MR) is 84.0 cm³/mol. The summed E-state index contributed by atoms with van der Waals surface area (Å²) in [6.07, 6.45) is 3.86. The molecule has 3 unspecified atom stereocenters. The maximum Gasteiger partial charge on any atom is 0.326 e.